The van der Waals surface area contributed by atoms with E-state index < -0.39 is 12.6 Å². The maximum atomic E-state index is 11.9. The normalized spacial score (nSPS) is 14.2. The van der Waals surface area contributed by atoms with Crippen molar-refractivity contribution in [2.75, 3.05) is 19.8 Å². The van der Waals surface area contributed by atoms with Crippen molar-refractivity contribution < 1.29 is 17.9 Å². The van der Waals surface area contributed by atoms with Crippen molar-refractivity contribution in [2.24, 2.45) is 5.92 Å². The van der Waals surface area contributed by atoms with Crippen molar-refractivity contribution in [3.05, 3.63) is 0 Å². The zero-order valence-electron chi connectivity index (χ0n) is 11.6. The lowest BCUT2D eigenvalue weighted by atomic mass is 10.1. The standard InChI is InChI=1S/C13H26F3NO/c1-11(2)6-9-18-10-8-17-12(3)5-4-7-13(14,15)16/h11-12,17H,4-10H2,1-3H3. The monoisotopic (exact) mass is 269 g/mol. The van der Waals surface area contributed by atoms with Crippen molar-refractivity contribution >= 4 is 0 Å². The van der Waals surface area contributed by atoms with Gasteiger partial charge >= 0.3 is 6.18 Å². The zero-order valence-corrected chi connectivity index (χ0v) is 11.6. The Balaban J connectivity index is 3.29. The highest BCUT2D eigenvalue weighted by atomic mass is 19.4. The summed E-state index contributed by atoms with van der Waals surface area (Å²) in [5, 5.41) is 3.16. The van der Waals surface area contributed by atoms with Gasteiger partial charge in [0.25, 0.3) is 0 Å². The fourth-order valence-corrected chi connectivity index (χ4v) is 1.51. The van der Waals surface area contributed by atoms with Crippen LogP contribution in [0.3, 0.4) is 0 Å². The van der Waals surface area contributed by atoms with Gasteiger partial charge in [0.05, 0.1) is 6.61 Å². The Morgan fingerprint density at radius 3 is 2.28 bits per heavy atom. The maximum absolute atomic E-state index is 11.9. The molecule has 0 aliphatic rings. The molecule has 0 heterocycles. The van der Waals surface area contributed by atoms with E-state index >= 15 is 0 Å². The van der Waals surface area contributed by atoms with Crippen molar-refractivity contribution in [2.45, 2.75) is 58.7 Å². The minimum Gasteiger partial charge on any atom is -0.380 e. The highest BCUT2D eigenvalue weighted by molar-refractivity contribution is 4.62. The molecule has 0 radical (unpaired) electrons. The van der Waals surface area contributed by atoms with Crippen LogP contribution in [0, 0.1) is 5.92 Å². The van der Waals surface area contributed by atoms with E-state index in [1.54, 1.807) is 0 Å². The Hall–Kier alpha value is -0.290. The molecule has 0 amide bonds. The van der Waals surface area contributed by atoms with Crippen LogP contribution in [0.5, 0.6) is 0 Å². The average molecular weight is 269 g/mol. The fourth-order valence-electron chi connectivity index (χ4n) is 1.51. The third-order valence-electron chi connectivity index (χ3n) is 2.68. The van der Waals surface area contributed by atoms with Crippen LogP contribution < -0.4 is 5.32 Å². The summed E-state index contributed by atoms with van der Waals surface area (Å²) in [5.41, 5.74) is 0. The summed E-state index contributed by atoms with van der Waals surface area (Å²) in [6.45, 7) is 8.27. The van der Waals surface area contributed by atoms with E-state index in [0.29, 0.717) is 25.5 Å². The van der Waals surface area contributed by atoms with Crippen LogP contribution >= 0.6 is 0 Å². The first-order valence-corrected chi connectivity index (χ1v) is 6.69. The molecule has 18 heavy (non-hydrogen) atoms. The van der Waals surface area contributed by atoms with Crippen molar-refractivity contribution in [1.29, 1.82) is 0 Å². The van der Waals surface area contributed by atoms with E-state index in [2.05, 4.69) is 19.2 Å². The van der Waals surface area contributed by atoms with Crippen LogP contribution in [-0.4, -0.2) is 32.0 Å². The number of alkyl halides is 3. The second kappa shape index (κ2) is 9.62. The molecular weight excluding hydrogens is 243 g/mol. The van der Waals surface area contributed by atoms with Crippen molar-refractivity contribution in [3.63, 3.8) is 0 Å². The lowest BCUT2D eigenvalue weighted by Gasteiger charge is -2.14. The van der Waals surface area contributed by atoms with E-state index in [1.165, 1.54) is 0 Å². The summed E-state index contributed by atoms with van der Waals surface area (Å²) >= 11 is 0. The summed E-state index contributed by atoms with van der Waals surface area (Å²) < 4.78 is 41.2. The lowest BCUT2D eigenvalue weighted by molar-refractivity contribution is -0.135. The molecule has 1 N–H and O–H groups in total. The van der Waals surface area contributed by atoms with Crippen LogP contribution in [0.1, 0.15) is 46.5 Å². The summed E-state index contributed by atoms with van der Waals surface area (Å²) in [7, 11) is 0. The molecule has 1 atom stereocenters. The van der Waals surface area contributed by atoms with Gasteiger partial charge in [0.2, 0.25) is 0 Å². The van der Waals surface area contributed by atoms with Crippen LogP contribution in [0.25, 0.3) is 0 Å². The predicted molar refractivity (Wildman–Crippen MR) is 67.6 cm³/mol. The van der Waals surface area contributed by atoms with Crippen LogP contribution in [0.15, 0.2) is 0 Å². The fraction of sp³-hybridized carbons (Fsp3) is 1.00. The summed E-state index contributed by atoms with van der Waals surface area (Å²) in [5.74, 6) is 0.638. The molecule has 0 saturated heterocycles. The van der Waals surface area contributed by atoms with Gasteiger partial charge in [-0.2, -0.15) is 13.2 Å². The third-order valence-corrected chi connectivity index (χ3v) is 2.68. The Morgan fingerprint density at radius 2 is 1.72 bits per heavy atom. The molecule has 0 rings (SSSR count). The molecule has 0 aromatic rings. The highest BCUT2D eigenvalue weighted by Crippen LogP contribution is 2.22. The Labute approximate surface area is 108 Å². The average Bonchev–Trinajstić information content (AvgIpc) is 2.20. The SMILES string of the molecule is CC(C)CCOCCNC(C)CCCC(F)(F)F. The smallest absolute Gasteiger partial charge is 0.380 e. The summed E-state index contributed by atoms with van der Waals surface area (Å²) in [6, 6.07) is 0.112. The maximum Gasteiger partial charge on any atom is 0.389 e. The molecule has 0 aromatic heterocycles. The third kappa shape index (κ3) is 13.8. The Kier molecular flexibility index (Phi) is 9.46. The van der Waals surface area contributed by atoms with Crippen molar-refractivity contribution in [3.8, 4) is 0 Å². The van der Waals surface area contributed by atoms with Gasteiger partial charge in [-0.1, -0.05) is 13.8 Å². The first kappa shape index (κ1) is 17.7. The van der Waals surface area contributed by atoms with E-state index in [0.717, 1.165) is 13.0 Å². The Morgan fingerprint density at radius 1 is 1.06 bits per heavy atom. The summed E-state index contributed by atoms with van der Waals surface area (Å²) in [6.07, 6.45) is -2.94. The number of nitrogens with one attached hydrogen (secondary N) is 1. The molecule has 110 valence electrons. The minimum atomic E-state index is -4.03. The quantitative estimate of drug-likeness (QED) is 0.610. The van der Waals surface area contributed by atoms with Crippen molar-refractivity contribution in [1.82, 2.24) is 5.32 Å². The Bertz CT molecular complexity index is 195. The van der Waals surface area contributed by atoms with Gasteiger partial charge in [0.1, 0.15) is 0 Å². The topological polar surface area (TPSA) is 21.3 Å². The second-order valence-electron chi connectivity index (χ2n) is 5.16. The largest absolute Gasteiger partial charge is 0.389 e. The van der Waals surface area contributed by atoms with Gasteiger partial charge in [0, 0.05) is 25.6 Å². The highest BCUT2D eigenvalue weighted by Gasteiger charge is 2.26. The molecule has 1 unspecified atom stereocenters. The molecule has 0 aromatic carbocycles. The van der Waals surface area contributed by atoms with E-state index in [4.69, 9.17) is 4.74 Å². The molecule has 0 aliphatic carbocycles. The molecular formula is C13H26F3NO. The van der Waals surface area contributed by atoms with E-state index in [-0.39, 0.29) is 12.5 Å². The van der Waals surface area contributed by atoms with E-state index in [9.17, 15) is 13.2 Å². The van der Waals surface area contributed by atoms with Gasteiger partial charge in [-0.15, -0.1) is 0 Å². The molecule has 0 fully saturated rings. The predicted octanol–water partition coefficient (Wildman–Crippen LogP) is 3.76. The van der Waals surface area contributed by atoms with Gasteiger partial charge in [-0.25, -0.2) is 0 Å². The van der Waals surface area contributed by atoms with Gasteiger partial charge < -0.3 is 10.1 Å². The number of hydrogen-bond acceptors (Lipinski definition) is 2. The zero-order chi connectivity index (χ0) is 14.0. The first-order valence-electron chi connectivity index (χ1n) is 6.69. The lowest BCUT2D eigenvalue weighted by Crippen LogP contribution is -2.29. The van der Waals surface area contributed by atoms with E-state index in [1.807, 2.05) is 6.92 Å². The van der Waals surface area contributed by atoms with Crippen LogP contribution in [0.2, 0.25) is 0 Å². The summed E-state index contributed by atoms with van der Waals surface area (Å²) in [4.78, 5) is 0. The first-order chi connectivity index (χ1) is 8.31. The van der Waals surface area contributed by atoms with Crippen LogP contribution in [-0.2, 0) is 4.74 Å². The van der Waals surface area contributed by atoms with Gasteiger partial charge in [-0.3, -0.25) is 0 Å². The number of halogens is 3. The molecule has 0 bridgehead atoms. The minimum absolute atomic E-state index is 0.112. The molecule has 5 heteroatoms. The van der Waals surface area contributed by atoms with Crippen LogP contribution in [0.4, 0.5) is 13.2 Å². The number of ether oxygens (including phenoxy) is 1. The van der Waals surface area contributed by atoms with Gasteiger partial charge in [0.15, 0.2) is 0 Å². The number of hydrogen-bond donors (Lipinski definition) is 1. The molecule has 0 aliphatic heterocycles. The molecule has 0 spiro atoms. The molecule has 2 nitrogen and oxygen atoms in total. The molecule has 0 saturated carbocycles. The number of rotatable bonds is 10. The second-order valence-corrected chi connectivity index (χ2v) is 5.16. The van der Waals surface area contributed by atoms with Gasteiger partial charge in [-0.05, 0) is 32.1 Å².